The lowest BCUT2D eigenvalue weighted by Crippen LogP contribution is -2.49. The molecule has 7 nitrogen and oxygen atoms in total. The average Bonchev–Trinajstić information content (AvgIpc) is 3.24. The number of aryl methyl sites for hydroxylation is 2. The fraction of sp³-hybridized carbons (Fsp3) is 0.536. The van der Waals surface area contributed by atoms with Crippen LogP contribution in [0.4, 0.5) is 5.69 Å². The Morgan fingerprint density at radius 3 is 2.43 bits per heavy atom. The molecule has 1 N–H and O–H groups in total. The van der Waals surface area contributed by atoms with E-state index in [4.69, 9.17) is 4.98 Å². The minimum absolute atomic E-state index is 0.203. The first-order valence-electron chi connectivity index (χ1n) is 13.2. The zero-order chi connectivity index (χ0) is 24.4. The van der Waals surface area contributed by atoms with Gasteiger partial charge in [0.15, 0.2) is 5.65 Å². The summed E-state index contributed by atoms with van der Waals surface area (Å²) in [5.74, 6) is 1.66. The number of likely N-dealkylation sites (N-methyl/N-ethyl adjacent to an activating group) is 1. The van der Waals surface area contributed by atoms with Crippen LogP contribution in [0.5, 0.6) is 0 Å². The number of fused-ring (bicyclic) bond motifs is 1. The first-order valence-corrected chi connectivity index (χ1v) is 13.2. The molecule has 1 aliphatic carbocycles. The Kier molecular flexibility index (Phi) is 7.04. The van der Waals surface area contributed by atoms with E-state index in [2.05, 4.69) is 69.8 Å². The number of pyridine rings is 1. The van der Waals surface area contributed by atoms with Crippen molar-refractivity contribution in [2.75, 3.05) is 38.5 Å². The fourth-order valence-corrected chi connectivity index (χ4v) is 5.51. The number of hydrogen-bond donors (Lipinski definition) is 1. The van der Waals surface area contributed by atoms with Crippen LogP contribution in [0.25, 0.3) is 11.2 Å². The lowest BCUT2D eigenvalue weighted by atomic mass is 9.85. The Morgan fingerprint density at radius 1 is 1.03 bits per heavy atom. The maximum atomic E-state index is 12.9. The fourth-order valence-electron chi connectivity index (χ4n) is 5.51. The van der Waals surface area contributed by atoms with Gasteiger partial charge in [-0.25, -0.2) is 9.97 Å². The van der Waals surface area contributed by atoms with Crippen molar-refractivity contribution in [3.63, 3.8) is 0 Å². The van der Waals surface area contributed by atoms with Gasteiger partial charge in [-0.05, 0) is 69.0 Å². The van der Waals surface area contributed by atoms with Crippen molar-refractivity contribution in [1.82, 2.24) is 24.3 Å². The molecule has 0 bridgehead atoms. The third-order valence-electron chi connectivity index (χ3n) is 7.79. The number of carbonyl (C=O) groups excluding carboxylic acids is 1. The Hall–Kier alpha value is -2.93. The summed E-state index contributed by atoms with van der Waals surface area (Å²) in [6.45, 7) is 8.76. The van der Waals surface area contributed by atoms with Crippen molar-refractivity contribution in [3.8, 4) is 0 Å². The van der Waals surface area contributed by atoms with Crippen LogP contribution in [0, 0.1) is 12.8 Å². The molecule has 1 aliphatic heterocycles. The van der Waals surface area contributed by atoms with Crippen LogP contribution in [0.1, 0.15) is 49.6 Å². The largest absolute Gasteiger partial charge is 0.382 e. The highest BCUT2D eigenvalue weighted by Gasteiger charge is 2.30. The third-order valence-corrected chi connectivity index (χ3v) is 7.79. The van der Waals surface area contributed by atoms with E-state index in [0.29, 0.717) is 11.9 Å². The monoisotopic (exact) mass is 474 g/mol. The number of rotatable bonds is 6. The average molecular weight is 475 g/mol. The van der Waals surface area contributed by atoms with Crippen LogP contribution in [-0.4, -0.2) is 69.5 Å². The Balaban J connectivity index is 1.16. The Bertz CT molecular complexity index is 1150. The van der Waals surface area contributed by atoms with Crippen molar-refractivity contribution < 1.29 is 4.79 Å². The van der Waals surface area contributed by atoms with Crippen LogP contribution in [0.3, 0.4) is 0 Å². The normalized spacial score (nSPS) is 21.4. The zero-order valence-electron chi connectivity index (χ0n) is 21.3. The molecule has 5 rings (SSSR count). The van der Waals surface area contributed by atoms with Gasteiger partial charge in [-0.2, -0.15) is 0 Å². The van der Waals surface area contributed by atoms with E-state index in [1.807, 2.05) is 12.3 Å². The number of amides is 1. The maximum absolute atomic E-state index is 12.9. The summed E-state index contributed by atoms with van der Waals surface area (Å²) >= 11 is 0. The number of carbonyl (C=O) groups is 1. The van der Waals surface area contributed by atoms with E-state index < -0.39 is 0 Å². The summed E-state index contributed by atoms with van der Waals surface area (Å²) in [4.78, 5) is 26.7. The second kappa shape index (κ2) is 10.4. The Morgan fingerprint density at radius 2 is 1.74 bits per heavy atom. The van der Waals surface area contributed by atoms with Gasteiger partial charge in [-0.15, -0.1) is 0 Å². The predicted octanol–water partition coefficient (Wildman–Crippen LogP) is 4.10. The van der Waals surface area contributed by atoms with Gasteiger partial charge in [0.1, 0.15) is 11.3 Å². The van der Waals surface area contributed by atoms with Gasteiger partial charge in [0, 0.05) is 56.4 Å². The Labute approximate surface area is 208 Å². The molecule has 3 aromatic rings. The van der Waals surface area contributed by atoms with Crippen molar-refractivity contribution in [2.24, 2.45) is 5.92 Å². The lowest BCUT2D eigenvalue weighted by molar-refractivity contribution is -0.138. The highest BCUT2D eigenvalue weighted by atomic mass is 16.2. The van der Waals surface area contributed by atoms with Crippen LogP contribution in [-0.2, 0) is 17.8 Å². The van der Waals surface area contributed by atoms with Gasteiger partial charge in [-0.3, -0.25) is 4.79 Å². The zero-order valence-corrected chi connectivity index (χ0v) is 21.3. The van der Waals surface area contributed by atoms with Gasteiger partial charge in [0.05, 0.1) is 6.54 Å². The molecule has 2 aliphatic rings. The maximum Gasteiger partial charge on any atom is 0.225 e. The molecule has 35 heavy (non-hydrogen) atoms. The molecule has 2 fully saturated rings. The molecular formula is C28H38N6O. The van der Waals surface area contributed by atoms with Gasteiger partial charge in [-0.1, -0.05) is 19.1 Å². The highest BCUT2D eigenvalue weighted by Crippen LogP contribution is 2.29. The van der Waals surface area contributed by atoms with Gasteiger partial charge >= 0.3 is 0 Å². The van der Waals surface area contributed by atoms with Crippen molar-refractivity contribution in [1.29, 1.82) is 0 Å². The molecule has 1 saturated carbocycles. The first-order chi connectivity index (χ1) is 17.0. The minimum Gasteiger partial charge on any atom is -0.382 e. The summed E-state index contributed by atoms with van der Waals surface area (Å²) in [7, 11) is 2.13. The van der Waals surface area contributed by atoms with E-state index >= 15 is 0 Å². The minimum atomic E-state index is 0.203. The van der Waals surface area contributed by atoms with Gasteiger partial charge < -0.3 is 19.7 Å². The SMILES string of the molecule is CCc1nc2c(C)ccnc2n1Cc1ccc(N[C@H]2CC[C@H](C(=O)N3CCN(C)CC3)CC2)cc1. The number of imidazole rings is 1. The van der Waals surface area contributed by atoms with Crippen LogP contribution >= 0.6 is 0 Å². The molecule has 0 atom stereocenters. The summed E-state index contributed by atoms with van der Waals surface area (Å²) in [6, 6.07) is 11.2. The molecule has 1 amide bonds. The second-order valence-electron chi connectivity index (χ2n) is 10.3. The number of anilines is 1. The molecule has 3 heterocycles. The molecule has 0 unspecified atom stereocenters. The standard InChI is InChI=1S/C28H38N6O/c1-4-25-31-26-20(2)13-14-29-27(26)34(25)19-21-5-9-23(10-6-21)30-24-11-7-22(8-12-24)28(35)33-17-15-32(3)16-18-33/h5-6,9-10,13-14,22,24,30H,4,7-8,11-12,15-19H2,1-3H3/t22-,24-. The molecule has 7 heteroatoms. The van der Waals surface area contributed by atoms with Crippen molar-refractivity contribution in [2.45, 2.75) is 58.5 Å². The molecular weight excluding hydrogens is 436 g/mol. The third kappa shape index (κ3) is 5.20. The summed E-state index contributed by atoms with van der Waals surface area (Å²) in [5.41, 5.74) is 5.54. The number of aromatic nitrogens is 3. The van der Waals surface area contributed by atoms with E-state index in [9.17, 15) is 4.79 Å². The van der Waals surface area contributed by atoms with Crippen molar-refractivity contribution in [3.05, 3.63) is 53.5 Å². The first kappa shape index (κ1) is 23.8. The molecule has 2 aromatic heterocycles. The van der Waals surface area contributed by atoms with Crippen LogP contribution in [0.15, 0.2) is 36.5 Å². The highest BCUT2D eigenvalue weighted by molar-refractivity contribution is 5.79. The topological polar surface area (TPSA) is 66.3 Å². The smallest absolute Gasteiger partial charge is 0.225 e. The van der Waals surface area contributed by atoms with Crippen LogP contribution in [0.2, 0.25) is 0 Å². The summed E-state index contributed by atoms with van der Waals surface area (Å²) in [6.07, 6.45) is 6.84. The molecule has 186 valence electrons. The summed E-state index contributed by atoms with van der Waals surface area (Å²) < 4.78 is 2.24. The van der Waals surface area contributed by atoms with E-state index in [1.165, 1.54) is 11.1 Å². The number of nitrogens with one attached hydrogen (secondary N) is 1. The van der Waals surface area contributed by atoms with Crippen molar-refractivity contribution >= 4 is 22.8 Å². The number of benzene rings is 1. The molecule has 0 spiro atoms. The number of nitrogens with zero attached hydrogens (tertiary/aromatic N) is 5. The van der Waals surface area contributed by atoms with Gasteiger partial charge in [0.25, 0.3) is 0 Å². The molecule has 1 saturated heterocycles. The van der Waals surface area contributed by atoms with Crippen LogP contribution < -0.4 is 5.32 Å². The van der Waals surface area contributed by atoms with Gasteiger partial charge in [0.2, 0.25) is 5.91 Å². The molecule has 1 aromatic carbocycles. The lowest BCUT2D eigenvalue weighted by Gasteiger charge is -2.36. The van der Waals surface area contributed by atoms with E-state index in [1.54, 1.807) is 0 Å². The number of piperazine rings is 1. The quantitative estimate of drug-likeness (QED) is 0.583. The van der Waals surface area contributed by atoms with E-state index in [0.717, 1.165) is 87.5 Å². The molecule has 0 radical (unpaired) electrons. The second-order valence-corrected chi connectivity index (χ2v) is 10.3. The van der Waals surface area contributed by atoms with E-state index in [-0.39, 0.29) is 5.92 Å². The number of hydrogen-bond acceptors (Lipinski definition) is 5. The summed E-state index contributed by atoms with van der Waals surface area (Å²) in [5, 5.41) is 3.71. The predicted molar refractivity (Wildman–Crippen MR) is 141 cm³/mol.